The number of carbonyl (C=O) groups is 1. The van der Waals surface area contributed by atoms with Crippen LogP contribution in [0, 0.1) is 16.7 Å². The molecule has 0 aliphatic heterocycles. The molecule has 0 amide bonds. The molecule has 45 heavy (non-hydrogen) atoms. The van der Waals surface area contributed by atoms with E-state index in [1.807, 2.05) is 61.5 Å². The molecule has 0 aromatic carbocycles. The van der Waals surface area contributed by atoms with Crippen LogP contribution in [0.15, 0.2) is 16.5 Å². The summed E-state index contributed by atoms with van der Waals surface area (Å²) in [6.45, 7) is 40.8. The van der Waals surface area contributed by atoms with Crippen LogP contribution in [-0.2, 0) is 5.41 Å². The third-order valence-electron chi connectivity index (χ3n) is 8.15. The maximum Gasteiger partial charge on any atom is 0.200 e. The number of aromatic nitrogens is 1. The second-order valence-electron chi connectivity index (χ2n) is 14.9. The Morgan fingerprint density at radius 1 is 0.867 bits per heavy atom. The third kappa shape index (κ3) is 18.9. The summed E-state index contributed by atoms with van der Waals surface area (Å²) in [6, 6.07) is 4.11. The Kier molecular flexibility index (Phi) is 26.0. The molecule has 3 rings (SSSR count). The summed E-state index contributed by atoms with van der Waals surface area (Å²) in [7, 11) is 0. The number of hydrogen-bond acceptors (Lipinski definition) is 3. The number of hydrogen-bond donors (Lipinski definition) is 0. The van der Waals surface area contributed by atoms with E-state index < -0.39 is 0 Å². The summed E-state index contributed by atoms with van der Waals surface area (Å²) in [5.41, 5.74) is 4.90. The van der Waals surface area contributed by atoms with E-state index in [0.29, 0.717) is 22.5 Å². The van der Waals surface area contributed by atoms with Gasteiger partial charge in [-0.1, -0.05) is 157 Å². The van der Waals surface area contributed by atoms with E-state index in [4.69, 9.17) is 9.40 Å². The summed E-state index contributed by atoms with van der Waals surface area (Å²) < 4.78 is 6.07. The molecule has 1 unspecified atom stereocenters. The van der Waals surface area contributed by atoms with Crippen molar-refractivity contribution >= 4 is 16.9 Å². The van der Waals surface area contributed by atoms with Gasteiger partial charge in [0.1, 0.15) is 5.52 Å². The maximum atomic E-state index is 12.6. The molecule has 0 saturated heterocycles. The van der Waals surface area contributed by atoms with Gasteiger partial charge in [0, 0.05) is 29.2 Å². The fourth-order valence-electron chi connectivity index (χ4n) is 4.76. The molecule has 3 nitrogen and oxygen atoms in total. The van der Waals surface area contributed by atoms with E-state index in [0.717, 1.165) is 23.1 Å². The van der Waals surface area contributed by atoms with Crippen molar-refractivity contribution in [2.45, 2.75) is 207 Å². The lowest BCUT2D eigenvalue weighted by atomic mass is 9.72. The van der Waals surface area contributed by atoms with Gasteiger partial charge in [-0.05, 0) is 60.8 Å². The zero-order chi connectivity index (χ0) is 36.0. The van der Waals surface area contributed by atoms with Crippen molar-refractivity contribution in [2.24, 2.45) is 16.7 Å². The molecule has 0 spiro atoms. The molecule has 1 fully saturated rings. The first-order valence-electron chi connectivity index (χ1n) is 19.0. The van der Waals surface area contributed by atoms with Crippen LogP contribution in [0.5, 0.6) is 0 Å². The lowest BCUT2D eigenvalue weighted by molar-refractivity contribution is 0.0901. The Balaban J connectivity index is -0.000000816. The molecule has 0 radical (unpaired) electrons. The van der Waals surface area contributed by atoms with Crippen molar-refractivity contribution in [2.75, 3.05) is 0 Å². The van der Waals surface area contributed by atoms with E-state index in [9.17, 15) is 4.79 Å². The summed E-state index contributed by atoms with van der Waals surface area (Å²) in [5.74, 6) is 1.02. The lowest BCUT2D eigenvalue weighted by Gasteiger charge is -2.34. The van der Waals surface area contributed by atoms with E-state index in [1.165, 1.54) is 63.5 Å². The normalized spacial score (nSPS) is 14.8. The first-order valence-corrected chi connectivity index (χ1v) is 19.0. The van der Waals surface area contributed by atoms with Gasteiger partial charge in [-0.25, -0.2) is 4.98 Å². The standard InChI is InChI=1S/C24H35NO2.C8H18.C4H10.3C2H6/c1-8-15(2)21(26)20-14-19-22(27-20)17(23(3,4)5)13-18(25-19)16-9-11-24(6,7)12-10-16;1-5-6-7-8(2,3)4;1-3-4-2;3*1-2/h13-16H,8-12H2,1-7H3;5-7H2,1-4H3;3-4H2,1-2H3;3*1-2H3. The molecule has 0 bridgehead atoms. The van der Waals surface area contributed by atoms with Crippen LogP contribution in [0.4, 0.5) is 0 Å². The summed E-state index contributed by atoms with van der Waals surface area (Å²) in [6.07, 6.45) is 12.4. The van der Waals surface area contributed by atoms with Crippen molar-refractivity contribution in [1.82, 2.24) is 4.98 Å². The molecular formula is C42H81NO2. The van der Waals surface area contributed by atoms with Crippen molar-refractivity contribution < 1.29 is 9.21 Å². The number of unbranched alkanes of at least 4 members (excludes halogenated alkanes) is 2. The fraction of sp³-hybridized carbons (Fsp3) is 0.810. The Morgan fingerprint density at radius 3 is 1.71 bits per heavy atom. The van der Waals surface area contributed by atoms with Gasteiger partial charge < -0.3 is 4.42 Å². The molecule has 0 N–H and O–H groups in total. The number of rotatable bonds is 7. The average molecular weight is 632 g/mol. The largest absolute Gasteiger partial charge is 0.451 e. The van der Waals surface area contributed by atoms with Gasteiger partial charge in [-0.15, -0.1) is 0 Å². The van der Waals surface area contributed by atoms with Gasteiger partial charge in [0.2, 0.25) is 5.78 Å². The summed E-state index contributed by atoms with van der Waals surface area (Å²) in [4.78, 5) is 17.6. The Hall–Kier alpha value is -1.64. The Morgan fingerprint density at radius 2 is 1.36 bits per heavy atom. The number of ketones is 1. The first-order chi connectivity index (χ1) is 21.0. The van der Waals surface area contributed by atoms with Gasteiger partial charge in [-0.3, -0.25) is 4.79 Å². The zero-order valence-corrected chi connectivity index (χ0v) is 34.1. The van der Waals surface area contributed by atoms with E-state index in [1.54, 1.807) is 0 Å². The lowest BCUT2D eigenvalue weighted by Crippen LogP contribution is -2.21. The molecule has 2 aromatic heterocycles. The van der Waals surface area contributed by atoms with Crippen molar-refractivity contribution in [1.29, 1.82) is 0 Å². The third-order valence-corrected chi connectivity index (χ3v) is 8.15. The first kappa shape index (κ1) is 47.8. The van der Waals surface area contributed by atoms with Gasteiger partial charge in [0.05, 0.1) is 0 Å². The second kappa shape index (κ2) is 24.5. The number of furan rings is 1. The van der Waals surface area contributed by atoms with Crippen LogP contribution in [0.25, 0.3) is 11.1 Å². The van der Waals surface area contributed by atoms with Crippen LogP contribution in [0.2, 0.25) is 0 Å². The number of Topliss-reactive ketones (excluding diaryl/α,β-unsaturated/α-hetero) is 1. The highest BCUT2D eigenvalue weighted by Gasteiger charge is 2.31. The van der Waals surface area contributed by atoms with E-state index >= 15 is 0 Å². The minimum atomic E-state index is -0.0571. The Labute approximate surface area is 283 Å². The maximum absolute atomic E-state index is 12.6. The molecular weight excluding hydrogens is 550 g/mol. The average Bonchev–Trinajstić information content (AvgIpc) is 3.45. The quantitative estimate of drug-likeness (QED) is 0.286. The zero-order valence-electron chi connectivity index (χ0n) is 34.1. The summed E-state index contributed by atoms with van der Waals surface area (Å²) in [5, 5.41) is 0. The van der Waals surface area contributed by atoms with E-state index in [2.05, 4.69) is 82.2 Å². The van der Waals surface area contributed by atoms with Crippen LogP contribution in [0.3, 0.4) is 0 Å². The minimum Gasteiger partial charge on any atom is -0.451 e. The molecule has 1 aliphatic rings. The highest BCUT2D eigenvalue weighted by Crippen LogP contribution is 2.43. The molecule has 1 saturated carbocycles. The molecule has 1 atom stereocenters. The smallest absolute Gasteiger partial charge is 0.200 e. The van der Waals surface area contributed by atoms with Crippen LogP contribution < -0.4 is 0 Å². The monoisotopic (exact) mass is 632 g/mol. The summed E-state index contributed by atoms with van der Waals surface area (Å²) >= 11 is 0. The predicted octanol–water partition coefficient (Wildman–Crippen LogP) is 15.1. The molecule has 1 aliphatic carbocycles. The Bertz CT molecular complexity index is 988. The predicted molar refractivity (Wildman–Crippen MR) is 205 cm³/mol. The highest BCUT2D eigenvalue weighted by atomic mass is 16.3. The SMILES string of the molecule is CC.CC.CC.CCC(C)C(=O)c1cc2nc(C3CCC(C)(C)CC3)cc(C(C)(C)C)c2o1.CCCC.CCCCC(C)(C)C. The number of nitrogens with zero attached hydrogens (tertiary/aromatic N) is 1. The van der Waals surface area contributed by atoms with Gasteiger partial charge in [-0.2, -0.15) is 0 Å². The van der Waals surface area contributed by atoms with Crippen molar-refractivity contribution in [3.8, 4) is 0 Å². The molecule has 2 heterocycles. The van der Waals surface area contributed by atoms with Gasteiger partial charge in [0.25, 0.3) is 0 Å². The van der Waals surface area contributed by atoms with E-state index in [-0.39, 0.29) is 17.1 Å². The molecule has 2 aromatic rings. The topological polar surface area (TPSA) is 43.1 Å². The van der Waals surface area contributed by atoms with Gasteiger partial charge >= 0.3 is 0 Å². The number of fused-ring (bicyclic) bond motifs is 1. The molecule has 3 heteroatoms. The van der Waals surface area contributed by atoms with Crippen LogP contribution in [-0.4, -0.2) is 10.8 Å². The van der Waals surface area contributed by atoms with Crippen LogP contribution in [0.1, 0.15) is 223 Å². The fourth-order valence-corrected chi connectivity index (χ4v) is 4.76. The highest BCUT2D eigenvalue weighted by molar-refractivity contribution is 5.98. The van der Waals surface area contributed by atoms with Crippen molar-refractivity contribution in [3.05, 3.63) is 29.2 Å². The van der Waals surface area contributed by atoms with Gasteiger partial charge in [0.15, 0.2) is 11.3 Å². The number of pyridine rings is 1. The minimum absolute atomic E-state index is 0.0244. The number of carbonyl (C=O) groups excluding carboxylic acids is 1. The molecule has 266 valence electrons. The van der Waals surface area contributed by atoms with Crippen molar-refractivity contribution in [3.63, 3.8) is 0 Å². The van der Waals surface area contributed by atoms with Crippen LogP contribution >= 0.6 is 0 Å². The second-order valence-corrected chi connectivity index (χ2v) is 14.9.